The Morgan fingerprint density at radius 2 is 2.05 bits per heavy atom. The van der Waals surface area contributed by atoms with E-state index in [4.69, 9.17) is 0 Å². The molecule has 100 valence electrons. The lowest BCUT2D eigenvalue weighted by Gasteiger charge is -2.11. The summed E-state index contributed by atoms with van der Waals surface area (Å²) in [6.07, 6.45) is -0.0659. The number of amides is 2. The summed E-state index contributed by atoms with van der Waals surface area (Å²) < 4.78 is 0. The van der Waals surface area contributed by atoms with Crippen molar-refractivity contribution >= 4 is 23.1 Å². The topological polar surface area (TPSA) is 61.4 Å². The smallest absolute Gasteiger partial charge is 0.319 e. The third kappa shape index (κ3) is 4.39. The second kappa shape index (κ2) is 6.92. The maximum absolute atomic E-state index is 11.5. The molecule has 0 saturated heterocycles. The zero-order chi connectivity index (χ0) is 13.5. The first-order chi connectivity index (χ1) is 9.25. The molecule has 0 aliphatic carbocycles. The molecule has 2 aromatic rings. The van der Waals surface area contributed by atoms with E-state index >= 15 is 0 Å². The lowest BCUT2D eigenvalue weighted by molar-refractivity contribution is 0.167. The predicted molar refractivity (Wildman–Crippen MR) is 77.4 cm³/mol. The third-order valence-corrected chi connectivity index (χ3v) is 3.35. The SMILES string of the molecule is O=C(NCCC(O)c1ccccc1)Nc1ccsc1. The van der Waals surface area contributed by atoms with Gasteiger partial charge in [0, 0.05) is 11.9 Å². The highest BCUT2D eigenvalue weighted by molar-refractivity contribution is 7.08. The molecule has 0 spiro atoms. The van der Waals surface area contributed by atoms with E-state index in [0.29, 0.717) is 13.0 Å². The van der Waals surface area contributed by atoms with E-state index in [2.05, 4.69) is 10.6 Å². The van der Waals surface area contributed by atoms with E-state index in [1.165, 1.54) is 11.3 Å². The number of aliphatic hydroxyl groups excluding tert-OH is 1. The Morgan fingerprint density at radius 1 is 1.26 bits per heavy atom. The van der Waals surface area contributed by atoms with Gasteiger partial charge in [-0.1, -0.05) is 30.3 Å². The summed E-state index contributed by atoms with van der Waals surface area (Å²) in [6.45, 7) is 0.423. The van der Waals surface area contributed by atoms with Crippen LogP contribution in [0.2, 0.25) is 0 Å². The molecule has 1 heterocycles. The molecule has 0 aliphatic heterocycles. The third-order valence-electron chi connectivity index (χ3n) is 2.67. The van der Waals surface area contributed by atoms with Crippen molar-refractivity contribution in [1.29, 1.82) is 0 Å². The molecule has 1 unspecified atom stereocenters. The van der Waals surface area contributed by atoms with Crippen LogP contribution in [0.5, 0.6) is 0 Å². The Kier molecular flexibility index (Phi) is 4.94. The van der Waals surface area contributed by atoms with E-state index in [-0.39, 0.29) is 6.03 Å². The van der Waals surface area contributed by atoms with Gasteiger partial charge in [-0.15, -0.1) is 0 Å². The Hall–Kier alpha value is -1.85. The zero-order valence-electron chi connectivity index (χ0n) is 10.4. The van der Waals surface area contributed by atoms with Gasteiger partial charge >= 0.3 is 6.03 Å². The van der Waals surface area contributed by atoms with Crippen molar-refractivity contribution in [2.24, 2.45) is 0 Å². The Bertz CT molecular complexity index is 499. The van der Waals surface area contributed by atoms with Crippen LogP contribution in [-0.4, -0.2) is 17.7 Å². The van der Waals surface area contributed by atoms with Crippen LogP contribution in [0.25, 0.3) is 0 Å². The summed E-state index contributed by atoms with van der Waals surface area (Å²) in [5.74, 6) is 0. The first-order valence-electron chi connectivity index (χ1n) is 6.06. The highest BCUT2D eigenvalue weighted by Gasteiger charge is 2.07. The number of hydrogen-bond donors (Lipinski definition) is 3. The highest BCUT2D eigenvalue weighted by atomic mass is 32.1. The molecular weight excluding hydrogens is 260 g/mol. The number of rotatable bonds is 5. The molecule has 2 rings (SSSR count). The van der Waals surface area contributed by atoms with E-state index in [1.807, 2.05) is 47.2 Å². The molecule has 0 radical (unpaired) electrons. The summed E-state index contributed by atoms with van der Waals surface area (Å²) >= 11 is 1.53. The highest BCUT2D eigenvalue weighted by Crippen LogP contribution is 2.15. The molecule has 5 heteroatoms. The lowest BCUT2D eigenvalue weighted by atomic mass is 10.1. The van der Waals surface area contributed by atoms with Crippen LogP contribution in [0.3, 0.4) is 0 Å². The average molecular weight is 276 g/mol. The first-order valence-corrected chi connectivity index (χ1v) is 7.00. The van der Waals surface area contributed by atoms with Gasteiger partial charge in [-0.3, -0.25) is 0 Å². The minimum Gasteiger partial charge on any atom is -0.388 e. The van der Waals surface area contributed by atoms with Gasteiger partial charge in [0.1, 0.15) is 0 Å². The number of urea groups is 1. The van der Waals surface area contributed by atoms with Crippen LogP contribution in [0.4, 0.5) is 10.5 Å². The number of hydrogen-bond acceptors (Lipinski definition) is 3. The van der Waals surface area contributed by atoms with Crippen LogP contribution >= 0.6 is 11.3 Å². The number of thiophene rings is 1. The van der Waals surface area contributed by atoms with Crippen molar-refractivity contribution in [1.82, 2.24) is 5.32 Å². The van der Waals surface area contributed by atoms with Gasteiger partial charge in [-0.2, -0.15) is 11.3 Å². The van der Waals surface area contributed by atoms with E-state index in [9.17, 15) is 9.90 Å². The fraction of sp³-hybridized carbons (Fsp3) is 0.214. The molecule has 4 nitrogen and oxygen atoms in total. The fourth-order valence-corrected chi connectivity index (χ4v) is 2.26. The number of carbonyl (C=O) groups excluding carboxylic acids is 1. The molecule has 1 aromatic carbocycles. The quantitative estimate of drug-likeness (QED) is 0.786. The van der Waals surface area contributed by atoms with E-state index in [0.717, 1.165) is 11.3 Å². The standard InChI is InChI=1S/C14H16N2O2S/c17-13(11-4-2-1-3-5-11)6-8-15-14(18)16-12-7-9-19-10-12/h1-5,7,9-10,13,17H,6,8H2,(H2,15,16,18). The van der Waals surface area contributed by atoms with Crippen LogP contribution in [0.1, 0.15) is 18.1 Å². The Labute approximate surface area is 116 Å². The summed E-state index contributed by atoms with van der Waals surface area (Å²) in [7, 11) is 0. The van der Waals surface area contributed by atoms with Crippen LogP contribution in [0, 0.1) is 0 Å². The van der Waals surface area contributed by atoms with E-state index < -0.39 is 6.10 Å². The number of aliphatic hydroxyl groups is 1. The molecule has 0 aliphatic rings. The van der Waals surface area contributed by atoms with Crippen LogP contribution in [0.15, 0.2) is 47.2 Å². The summed E-state index contributed by atoms with van der Waals surface area (Å²) in [6, 6.07) is 11.0. The van der Waals surface area contributed by atoms with Gasteiger partial charge in [-0.05, 0) is 23.4 Å². The van der Waals surface area contributed by atoms with Crippen molar-refractivity contribution in [2.45, 2.75) is 12.5 Å². The minimum atomic E-state index is -0.553. The number of benzene rings is 1. The first kappa shape index (κ1) is 13.6. The van der Waals surface area contributed by atoms with E-state index in [1.54, 1.807) is 0 Å². The lowest BCUT2D eigenvalue weighted by Crippen LogP contribution is -2.30. The van der Waals surface area contributed by atoms with Crippen molar-refractivity contribution in [2.75, 3.05) is 11.9 Å². The zero-order valence-corrected chi connectivity index (χ0v) is 11.2. The van der Waals surface area contributed by atoms with Crippen LogP contribution in [-0.2, 0) is 0 Å². The van der Waals surface area contributed by atoms with Crippen molar-refractivity contribution in [3.8, 4) is 0 Å². The maximum Gasteiger partial charge on any atom is 0.319 e. The largest absolute Gasteiger partial charge is 0.388 e. The normalized spacial score (nSPS) is 11.8. The van der Waals surface area contributed by atoms with Gasteiger partial charge in [0.05, 0.1) is 11.8 Å². The number of nitrogens with one attached hydrogen (secondary N) is 2. The van der Waals surface area contributed by atoms with Crippen LogP contribution < -0.4 is 10.6 Å². The number of anilines is 1. The van der Waals surface area contributed by atoms with Gasteiger partial charge in [0.25, 0.3) is 0 Å². The summed E-state index contributed by atoms with van der Waals surface area (Å²) in [5.41, 5.74) is 1.65. The molecule has 0 bridgehead atoms. The monoisotopic (exact) mass is 276 g/mol. The van der Waals surface area contributed by atoms with Crippen molar-refractivity contribution < 1.29 is 9.90 Å². The maximum atomic E-state index is 11.5. The Morgan fingerprint density at radius 3 is 2.74 bits per heavy atom. The van der Waals surface area contributed by atoms with Gasteiger partial charge in [0.2, 0.25) is 0 Å². The van der Waals surface area contributed by atoms with Gasteiger partial charge in [0.15, 0.2) is 0 Å². The molecule has 3 N–H and O–H groups in total. The molecular formula is C14H16N2O2S. The second-order valence-electron chi connectivity index (χ2n) is 4.11. The molecule has 2 amide bonds. The summed E-state index contributed by atoms with van der Waals surface area (Å²) in [5, 5.41) is 19.1. The predicted octanol–water partition coefficient (Wildman–Crippen LogP) is 2.99. The minimum absolute atomic E-state index is 0.251. The average Bonchev–Trinajstić information content (AvgIpc) is 2.92. The van der Waals surface area contributed by atoms with Crippen molar-refractivity contribution in [3.05, 3.63) is 52.7 Å². The molecule has 1 aromatic heterocycles. The second-order valence-corrected chi connectivity index (χ2v) is 4.89. The fourth-order valence-electron chi connectivity index (χ4n) is 1.68. The van der Waals surface area contributed by atoms with Crippen molar-refractivity contribution in [3.63, 3.8) is 0 Å². The summed E-state index contributed by atoms with van der Waals surface area (Å²) in [4.78, 5) is 11.5. The molecule has 19 heavy (non-hydrogen) atoms. The number of carbonyl (C=O) groups is 1. The van der Waals surface area contributed by atoms with Gasteiger partial charge < -0.3 is 15.7 Å². The van der Waals surface area contributed by atoms with Gasteiger partial charge in [-0.25, -0.2) is 4.79 Å². The molecule has 0 saturated carbocycles. The Balaban J connectivity index is 1.70. The molecule has 0 fully saturated rings. The molecule has 1 atom stereocenters.